The normalized spacial score (nSPS) is 10.6. The molecule has 140 valence electrons. The average Bonchev–Trinajstić information content (AvgIpc) is 3.06. The molecule has 27 heavy (non-hydrogen) atoms. The van der Waals surface area contributed by atoms with Gasteiger partial charge in [-0.2, -0.15) is 0 Å². The van der Waals surface area contributed by atoms with Gasteiger partial charge in [0.25, 0.3) is 0 Å². The maximum Gasteiger partial charge on any atom is 0.234 e. The molecule has 0 bridgehead atoms. The molecule has 0 saturated heterocycles. The number of thioether (sulfide) groups is 1. The van der Waals surface area contributed by atoms with Crippen molar-refractivity contribution in [2.24, 2.45) is 0 Å². The number of H-pyrrole nitrogens is 1. The lowest BCUT2D eigenvalue weighted by Gasteiger charge is -2.04. The summed E-state index contributed by atoms with van der Waals surface area (Å²) in [4.78, 5) is 16.1. The number of aromatic nitrogens is 3. The maximum atomic E-state index is 13.1. The second-order valence-electron chi connectivity index (χ2n) is 5.30. The van der Waals surface area contributed by atoms with Crippen molar-refractivity contribution in [3.8, 4) is 5.75 Å². The van der Waals surface area contributed by atoms with Gasteiger partial charge in [0.15, 0.2) is 5.82 Å². The van der Waals surface area contributed by atoms with Gasteiger partial charge in [0.2, 0.25) is 11.1 Å². The molecule has 0 spiro atoms. The van der Waals surface area contributed by atoms with Crippen LogP contribution in [0.15, 0.2) is 47.6 Å². The molecule has 0 unspecified atom stereocenters. The highest BCUT2D eigenvalue weighted by molar-refractivity contribution is 7.99. The van der Waals surface area contributed by atoms with Crippen LogP contribution in [0.3, 0.4) is 0 Å². The molecule has 0 fully saturated rings. The number of benzene rings is 2. The van der Waals surface area contributed by atoms with E-state index in [1.807, 2.05) is 0 Å². The summed E-state index contributed by atoms with van der Waals surface area (Å²) in [5.41, 5.74) is 0.0464. The lowest BCUT2D eigenvalue weighted by Crippen LogP contribution is -2.14. The Kier molecular flexibility index (Phi) is 6.25. The molecule has 10 heteroatoms. The Labute approximate surface area is 162 Å². The molecule has 0 atom stereocenters. The molecule has 1 heterocycles. The van der Waals surface area contributed by atoms with Crippen LogP contribution in [0.4, 0.5) is 14.5 Å². The van der Waals surface area contributed by atoms with Crippen molar-refractivity contribution in [1.82, 2.24) is 15.2 Å². The Morgan fingerprint density at radius 1 is 1.19 bits per heavy atom. The summed E-state index contributed by atoms with van der Waals surface area (Å²) in [6.07, 6.45) is 0. The van der Waals surface area contributed by atoms with Crippen molar-refractivity contribution in [2.45, 2.75) is 11.8 Å². The van der Waals surface area contributed by atoms with Gasteiger partial charge in [0.05, 0.1) is 5.75 Å². The fourth-order valence-corrected chi connectivity index (χ4v) is 2.79. The monoisotopic (exact) mass is 410 g/mol. The summed E-state index contributed by atoms with van der Waals surface area (Å²) in [5, 5.41) is 10.1. The molecule has 2 N–H and O–H groups in total. The minimum Gasteiger partial charge on any atom is -0.486 e. The smallest absolute Gasteiger partial charge is 0.234 e. The van der Waals surface area contributed by atoms with E-state index in [2.05, 4.69) is 20.5 Å². The first-order valence-corrected chi connectivity index (χ1v) is 9.03. The van der Waals surface area contributed by atoms with Gasteiger partial charge in [0, 0.05) is 16.8 Å². The predicted octanol–water partition coefficient (Wildman–Crippen LogP) is 4.05. The first-order valence-electron chi connectivity index (χ1n) is 7.66. The number of anilines is 1. The fraction of sp³-hybridized carbons (Fsp3) is 0.118. The number of carbonyl (C=O) groups excluding carboxylic acids is 1. The SMILES string of the molecule is O=C(CSc1n[nH]c(COc2ccc(Cl)cc2)n1)Nc1cc(F)cc(F)c1. The highest BCUT2D eigenvalue weighted by Crippen LogP contribution is 2.18. The molecule has 0 aliphatic rings. The van der Waals surface area contributed by atoms with E-state index in [-0.39, 0.29) is 18.0 Å². The van der Waals surface area contributed by atoms with Crippen molar-refractivity contribution in [3.63, 3.8) is 0 Å². The summed E-state index contributed by atoms with van der Waals surface area (Å²) in [6.45, 7) is 0.171. The molecule has 0 aliphatic heterocycles. The number of amides is 1. The number of nitrogens with one attached hydrogen (secondary N) is 2. The number of aromatic amines is 1. The zero-order valence-electron chi connectivity index (χ0n) is 13.7. The van der Waals surface area contributed by atoms with Crippen LogP contribution in [0.25, 0.3) is 0 Å². The van der Waals surface area contributed by atoms with E-state index >= 15 is 0 Å². The molecule has 1 amide bonds. The maximum absolute atomic E-state index is 13.1. The molecule has 3 aromatic rings. The third-order valence-corrected chi connectivity index (χ3v) is 4.28. The third-order valence-electron chi connectivity index (χ3n) is 3.18. The minimum atomic E-state index is -0.766. The quantitative estimate of drug-likeness (QED) is 0.574. The van der Waals surface area contributed by atoms with E-state index in [0.29, 0.717) is 21.8 Å². The van der Waals surface area contributed by atoms with Crippen molar-refractivity contribution < 1.29 is 18.3 Å². The Hall–Kier alpha value is -2.65. The minimum absolute atomic E-state index is 0.0204. The molecule has 3 rings (SSSR count). The summed E-state index contributed by atoms with van der Waals surface area (Å²) in [6, 6.07) is 9.67. The Bertz CT molecular complexity index is 917. The highest BCUT2D eigenvalue weighted by Gasteiger charge is 2.10. The largest absolute Gasteiger partial charge is 0.486 e. The number of ether oxygens (including phenoxy) is 1. The fourth-order valence-electron chi connectivity index (χ4n) is 2.04. The Morgan fingerprint density at radius 3 is 2.59 bits per heavy atom. The van der Waals surface area contributed by atoms with Crippen LogP contribution in [0.2, 0.25) is 5.02 Å². The Morgan fingerprint density at radius 2 is 1.89 bits per heavy atom. The average molecular weight is 411 g/mol. The van der Waals surface area contributed by atoms with Crippen molar-refractivity contribution in [2.75, 3.05) is 11.1 Å². The van der Waals surface area contributed by atoms with Gasteiger partial charge in [-0.3, -0.25) is 9.89 Å². The number of halogens is 3. The summed E-state index contributed by atoms with van der Waals surface area (Å²) in [5.74, 6) is -0.872. The van der Waals surface area contributed by atoms with Crippen LogP contribution in [0.5, 0.6) is 5.75 Å². The van der Waals surface area contributed by atoms with E-state index < -0.39 is 17.5 Å². The van der Waals surface area contributed by atoms with Gasteiger partial charge in [-0.25, -0.2) is 13.8 Å². The van der Waals surface area contributed by atoms with Crippen molar-refractivity contribution in [1.29, 1.82) is 0 Å². The van der Waals surface area contributed by atoms with Gasteiger partial charge in [0.1, 0.15) is 24.0 Å². The summed E-state index contributed by atoms with van der Waals surface area (Å²) >= 11 is 6.88. The number of hydrogen-bond acceptors (Lipinski definition) is 5. The van der Waals surface area contributed by atoms with Crippen LogP contribution in [0, 0.1) is 11.6 Å². The van der Waals surface area contributed by atoms with E-state index in [9.17, 15) is 13.6 Å². The summed E-state index contributed by atoms with van der Waals surface area (Å²) in [7, 11) is 0. The van der Waals surface area contributed by atoms with E-state index in [1.54, 1.807) is 24.3 Å². The van der Waals surface area contributed by atoms with Crippen LogP contribution in [-0.4, -0.2) is 26.8 Å². The van der Waals surface area contributed by atoms with Crippen molar-refractivity contribution >= 4 is 35.0 Å². The Balaban J connectivity index is 1.47. The second kappa shape index (κ2) is 8.83. The standard InChI is InChI=1S/C17H13ClF2N4O2S/c18-10-1-3-14(4-2-10)26-8-15-22-17(24-23-15)27-9-16(25)21-13-6-11(19)5-12(20)7-13/h1-7H,8-9H2,(H,21,25)(H,22,23,24). The number of nitrogens with zero attached hydrogens (tertiary/aromatic N) is 2. The van der Waals surface area contributed by atoms with Crippen LogP contribution >= 0.6 is 23.4 Å². The molecule has 0 saturated carbocycles. The lowest BCUT2D eigenvalue weighted by atomic mass is 10.3. The molecule has 0 radical (unpaired) electrons. The van der Waals surface area contributed by atoms with E-state index in [0.717, 1.165) is 30.0 Å². The zero-order chi connectivity index (χ0) is 19.2. The van der Waals surface area contributed by atoms with E-state index in [1.165, 1.54) is 0 Å². The zero-order valence-corrected chi connectivity index (χ0v) is 15.3. The number of rotatable bonds is 7. The van der Waals surface area contributed by atoms with Crippen molar-refractivity contribution in [3.05, 3.63) is 64.9 Å². The van der Waals surface area contributed by atoms with Gasteiger partial charge in [-0.1, -0.05) is 23.4 Å². The van der Waals surface area contributed by atoms with Crippen LogP contribution < -0.4 is 10.1 Å². The molecule has 1 aromatic heterocycles. The van der Waals surface area contributed by atoms with Crippen LogP contribution in [-0.2, 0) is 11.4 Å². The van der Waals surface area contributed by atoms with E-state index in [4.69, 9.17) is 16.3 Å². The molecular weight excluding hydrogens is 398 g/mol. The first kappa shape index (κ1) is 19.1. The van der Waals surface area contributed by atoms with Gasteiger partial charge < -0.3 is 10.1 Å². The molecular formula is C17H13ClF2N4O2S. The van der Waals surface area contributed by atoms with Gasteiger partial charge in [-0.05, 0) is 36.4 Å². The highest BCUT2D eigenvalue weighted by atomic mass is 35.5. The molecule has 0 aliphatic carbocycles. The number of hydrogen-bond donors (Lipinski definition) is 2. The lowest BCUT2D eigenvalue weighted by molar-refractivity contribution is -0.113. The van der Waals surface area contributed by atoms with Gasteiger partial charge in [-0.15, -0.1) is 5.10 Å². The molecule has 6 nitrogen and oxygen atoms in total. The van der Waals surface area contributed by atoms with Gasteiger partial charge >= 0.3 is 0 Å². The topological polar surface area (TPSA) is 79.9 Å². The third kappa shape index (κ3) is 5.93. The number of carbonyl (C=O) groups is 1. The molecule has 2 aromatic carbocycles. The first-order chi connectivity index (χ1) is 13.0. The van der Waals surface area contributed by atoms with Crippen LogP contribution in [0.1, 0.15) is 5.82 Å². The second-order valence-corrected chi connectivity index (χ2v) is 6.68. The summed E-state index contributed by atoms with van der Waals surface area (Å²) < 4.78 is 31.8. The predicted molar refractivity (Wildman–Crippen MR) is 97.9 cm³/mol.